The maximum atomic E-state index is 4.55. The molecule has 0 aliphatic heterocycles. The van der Waals surface area contributed by atoms with Crippen molar-refractivity contribution in [3.63, 3.8) is 0 Å². The van der Waals surface area contributed by atoms with E-state index >= 15 is 0 Å². The van der Waals surface area contributed by atoms with Gasteiger partial charge in [-0.3, -0.25) is 4.98 Å². The Morgan fingerprint density at radius 1 is 1.26 bits per heavy atom. The zero-order valence-corrected chi connectivity index (χ0v) is 13.2. The van der Waals surface area contributed by atoms with Crippen LogP contribution in [0, 0.1) is 0 Å². The summed E-state index contributed by atoms with van der Waals surface area (Å²) < 4.78 is 0. The molecule has 0 aliphatic rings. The molecule has 0 spiro atoms. The molecule has 1 N–H and O–H groups in total. The predicted molar refractivity (Wildman–Crippen MR) is 82.1 cm³/mol. The second-order valence-corrected chi connectivity index (χ2v) is 6.35. The molecule has 0 saturated carbocycles. The summed E-state index contributed by atoms with van der Waals surface area (Å²) >= 11 is 0. The van der Waals surface area contributed by atoms with Crippen molar-refractivity contribution in [2.45, 2.75) is 59.2 Å². The van der Waals surface area contributed by atoms with Crippen LogP contribution in [0.4, 0.5) is 0 Å². The molecular weight excluding hydrogens is 234 g/mol. The molecule has 0 atom stereocenters. The number of rotatable bonds is 7. The summed E-state index contributed by atoms with van der Waals surface area (Å²) in [5.74, 6) is 0. The largest absolute Gasteiger partial charge is 0.308 e. The minimum Gasteiger partial charge on any atom is -0.308 e. The zero-order chi connectivity index (χ0) is 14.3. The molecule has 108 valence electrons. The quantitative estimate of drug-likeness (QED) is 0.819. The number of hydrogen-bond acceptors (Lipinski definition) is 3. The molecule has 0 bridgehead atoms. The first kappa shape index (κ1) is 16.1. The minimum atomic E-state index is 0.152. The van der Waals surface area contributed by atoms with Gasteiger partial charge in [-0.05, 0) is 52.4 Å². The van der Waals surface area contributed by atoms with E-state index in [-0.39, 0.29) is 5.54 Å². The van der Waals surface area contributed by atoms with Crippen molar-refractivity contribution in [1.29, 1.82) is 0 Å². The van der Waals surface area contributed by atoms with Crippen LogP contribution in [-0.4, -0.2) is 29.0 Å². The molecule has 0 fully saturated rings. The Morgan fingerprint density at radius 2 is 2.00 bits per heavy atom. The first-order valence-electron chi connectivity index (χ1n) is 7.28. The van der Waals surface area contributed by atoms with Crippen molar-refractivity contribution in [2.24, 2.45) is 0 Å². The van der Waals surface area contributed by atoms with E-state index in [9.17, 15) is 0 Å². The van der Waals surface area contributed by atoms with Crippen LogP contribution in [0.2, 0.25) is 0 Å². The zero-order valence-electron chi connectivity index (χ0n) is 13.2. The van der Waals surface area contributed by atoms with Gasteiger partial charge in [-0.15, -0.1) is 0 Å². The van der Waals surface area contributed by atoms with Gasteiger partial charge in [-0.2, -0.15) is 0 Å². The van der Waals surface area contributed by atoms with Crippen LogP contribution in [0.15, 0.2) is 18.3 Å². The van der Waals surface area contributed by atoms with Crippen LogP contribution in [-0.2, 0) is 13.1 Å². The van der Waals surface area contributed by atoms with E-state index in [4.69, 9.17) is 0 Å². The van der Waals surface area contributed by atoms with Crippen LogP contribution in [0.5, 0.6) is 0 Å². The first-order chi connectivity index (χ1) is 8.90. The Kier molecular flexibility index (Phi) is 6.46. The molecule has 0 unspecified atom stereocenters. The summed E-state index contributed by atoms with van der Waals surface area (Å²) in [5.41, 5.74) is 2.55. The summed E-state index contributed by atoms with van der Waals surface area (Å²) in [4.78, 5) is 6.88. The smallest absolute Gasteiger partial charge is 0.0544 e. The third-order valence-electron chi connectivity index (χ3n) is 3.03. The van der Waals surface area contributed by atoms with Gasteiger partial charge in [0.05, 0.1) is 5.69 Å². The molecule has 0 saturated heterocycles. The lowest BCUT2D eigenvalue weighted by Gasteiger charge is -2.20. The van der Waals surface area contributed by atoms with Crippen LogP contribution >= 0.6 is 0 Å². The van der Waals surface area contributed by atoms with Crippen molar-refractivity contribution in [1.82, 2.24) is 15.2 Å². The molecule has 3 heteroatoms. The van der Waals surface area contributed by atoms with Gasteiger partial charge in [-0.25, -0.2) is 0 Å². The van der Waals surface area contributed by atoms with Gasteiger partial charge < -0.3 is 10.2 Å². The summed E-state index contributed by atoms with van der Waals surface area (Å²) in [6.45, 7) is 11.7. The highest BCUT2D eigenvalue weighted by molar-refractivity contribution is 5.14. The van der Waals surface area contributed by atoms with Gasteiger partial charge in [0.2, 0.25) is 0 Å². The molecule has 19 heavy (non-hydrogen) atoms. The van der Waals surface area contributed by atoms with Crippen molar-refractivity contribution in [3.8, 4) is 0 Å². The Hall–Kier alpha value is -0.930. The van der Waals surface area contributed by atoms with Crippen LogP contribution in [0.25, 0.3) is 0 Å². The van der Waals surface area contributed by atoms with Crippen molar-refractivity contribution >= 4 is 0 Å². The maximum Gasteiger partial charge on any atom is 0.0544 e. The van der Waals surface area contributed by atoms with Crippen molar-refractivity contribution in [3.05, 3.63) is 29.6 Å². The van der Waals surface area contributed by atoms with Crippen LogP contribution < -0.4 is 5.32 Å². The van der Waals surface area contributed by atoms with E-state index in [0.717, 1.165) is 25.3 Å². The number of nitrogens with zero attached hydrogens (tertiary/aromatic N) is 2. The Balaban J connectivity index is 2.43. The van der Waals surface area contributed by atoms with Crippen LogP contribution in [0.1, 0.15) is 51.8 Å². The van der Waals surface area contributed by atoms with E-state index in [1.807, 2.05) is 6.20 Å². The standard InChI is InChI=1S/C16H29N3/c1-6-7-10-19(5)13-15-9-8-14(11-17-15)12-18-16(2,3)4/h8-9,11,18H,6-7,10,12-13H2,1-5H3. The molecule has 1 heterocycles. The topological polar surface area (TPSA) is 28.2 Å². The van der Waals surface area contributed by atoms with E-state index in [2.05, 4.69) is 62.1 Å². The van der Waals surface area contributed by atoms with Crippen molar-refractivity contribution < 1.29 is 0 Å². The summed E-state index contributed by atoms with van der Waals surface area (Å²) in [5, 5.41) is 3.48. The van der Waals surface area contributed by atoms with E-state index in [0.29, 0.717) is 0 Å². The fraction of sp³-hybridized carbons (Fsp3) is 0.688. The average molecular weight is 263 g/mol. The van der Waals surface area contributed by atoms with E-state index in [1.54, 1.807) is 0 Å². The minimum absolute atomic E-state index is 0.152. The Morgan fingerprint density at radius 3 is 2.53 bits per heavy atom. The third kappa shape index (κ3) is 7.28. The van der Waals surface area contributed by atoms with Gasteiger partial charge in [0, 0.05) is 24.8 Å². The summed E-state index contributed by atoms with van der Waals surface area (Å²) in [6.07, 6.45) is 4.49. The number of nitrogens with one attached hydrogen (secondary N) is 1. The molecule has 0 aromatic carbocycles. The summed E-state index contributed by atoms with van der Waals surface area (Å²) in [7, 11) is 2.16. The van der Waals surface area contributed by atoms with Gasteiger partial charge in [0.15, 0.2) is 0 Å². The third-order valence-corrected chi connectivity index (χ3v) is 3.03. The SMILES string of the molecule is CCCCN(C)Cc1ccc(CNC(C)(C)C)cn1. The number of hydrogen-bond donors (Lipinski definition) is 1. The van der Waals surface area contributed by atoms with Gasteiger partial charge in [0.25, 0.3) is 0 Å². The number of unbranched alkanes of at least 4 members (excludes halogenated alkanes) is 1. The van der Waals surface area contributed by atoms with Gasteiger partial charge >= 0.3 is 0 Å². The maximum absolute atomic E-state index is 4.55. The van der Waals surface area contributed by atoms with E-state index in [1.165, 1.54) is 18.4 Å². The lowest BCUT2D eigenvalue weighted by Crippen LogP contribution is -2.35. The molecule has 0 aliphatic carbocycles. The Bertz CT molecular complexity index is 351. The molecule has 1 aromatic heterocycles. The molecule has 3 nitrogen and oxygen atoms in total. The van der Waals surface area contributed by atoms with Crippen LogP contribution in [0.3, 0.4) is 0 Å². The monoisotopic (exact) mass is 263 g/mol. The highest BCUT2D eigenvalue weighted by atomic mass is 15.1. The number of aromatic nitrogens is 1. The second-order valence-electron chi connectivity index (χ2n) is 6.35. The van der Waals surface area contributed by atoms with Gasteiger partial charge in [-0.1, -0.05) is 19.4 Å². The van der Waals surface area contributed by atoms with Gasteiger partial charge in [0.1, 0.15) is 0 Å². The molecule has 0 radical (unpaired) electrons. The lowest BCUT2D eigenvalue weighted by atomic mass is 10.1. The van der Waals surface area contributed by atoms with E-state index < -0.39 is 0 Å². The summed E-state index contributed by atoms with van der Waals surface area (Å²) in [6, 6.07) is 4.32. The number of pyridine rings is 1. The molecule has 1 rings (SSSR count). The fourth-order valence-corrected chi connectivity index (χ4v) is 1.80. The normalized spacial score (nSPS) is 12.1. The van der Waals surface area contributed by atoms with Crippen molar-refractivity contribution in [2.75, 3.05) is 13.6 Å². The average Bonchev–Trinajstić information content (AvgIpc) is 2.34. The first-order valence-corrected chi connectivity index (χ1v) is 7.28. The molecule has 1 aromatic rings. The highest BCUT2D eigenvalue weighted by Crippen LogP contribution is 2.06. The second kappa shape index (κ2) is 7.61. The lowest BCUT2D eigenvalue weighted by molar-refractivity contribution is 0.317. The fourth-order valence-electron chi connectivity index (χ4n) is 1.80. The Labute approximate surface area is 118 Å². The molecular formula is C16H29N3. The predicted octanol–water partition coefficient (Wildman–Crippen LogP) is 3.20. The highest BCUT2D eigenvalue weighted by Gasteiger charge is 2.08. The molecule has 0 amide bonds.